The van der Waals surface area contributed by atoms with Gasteiger partial charge in [-0.2, -0.15) is 0 Å². The van der Waals surface area contributed by atoms with Crippen LogP contribution in [-0.2, 0) is 25.8 Å². The first kappa shape index (κ1) is 18.7. The van der Waals surface area contributed by atoms with Gasteiger partial charge in [-0.05, 0) is 79.5 Å². The Hall–Kier alpha value is -2.33. The highest BCUT2D eigenvalue weighted by molar-refractivity contribution is 5.98. The molecule has 0 atom stereocenters. The number of nitrogens with zero attached hydrogens (tertiary/aromatic N) is 2. The molecule has 2 aromatic carbocycles. The lowest BCUT2D eigenvalue weighted by atomic mass is 10.0. The van der Waals surface area contributed by atoms with Crippen LogP contribution in [0.2, 0.25) is 0 Å². The molecule has 1 N–H and O–H groups in total. The van der Waals surface area contributed by atoms with Gasteiger partial charge in [0.15, 0.2) is 0 Å². The number of piperazine rings is 1. The van der Waals surface area contributed by atoms with Crippen LogP contribution >= 0.6 is 0 Å². The number of hydrogen-bond acceptors (Lipinski definition) is 3. The van der Waals surface area contributed by atoms with Crippen molar-refractivity contribution in [3.05, 3.63) is 64.2 Å². The smallest absolute Gasteiger partial charge is 0.251 e. The quantitative estimate of drug-likeness (QED) is 0.768. The molecular formula is C25H31N3O. The maximum Gasteiger partial charge on any atom is 0.251 e. The van der Waals surface area contributed by atoms with E-state index >= 15 is 0 Å². The molecule has 152 valence electrons. The van der Waals surface area contributed by atoms with Crippen molar-refractivity contribution in [1.29, 1.82) is 0 Å². The Morgan fingerprint density at radius 3 is 2.72 bits per heavy atom. The zero-order valence-corrected chi connectivity index (χ0v) is 17.3. The predicted octanol–water partition coefficient (Wildman–Crippen LogP) is 3.56. The number of hydrogen-bond donors (Lipinski definition) is 1. The van der Waals surface area contributed by atoms with Crippen LogP contribution in [0.5, 0.6) is 0 Å². The van der Waals surface area contributed by atoms with Crippen molar-refractivity contribution in [2.45, 2.75) is 45.1 Å². The highest BCUT2D eigenvalue weighted by Crippen LogP contribution is 2.31. The number of amides is 1. The maximum absolute atomic E-state index is 11.8. The minimum absolute atomic E-state index is 0.0868. The molecular weight excluding hydrogens is 358 g/mol. The van der Waals surface area contributed by atoms with Crippen LogP contribution in [-0.4, -0.2) is 43.5 Å². The Kier molecular flexibility index (Phi) is 5.28. The van der Waals surface area contributed by atoms with Crippen molar-refractivity contribution >= 4 is 11.6 Å². The molecule has 0 saturated carbocycles. The minimum atomic E-state index is 0.0868. The number of aryl methyl sites for hydroxylation is 2. The summed E-state index contributed by atoms with van der Waals surface area (Å²) in [6.07, 6.45) is 7.32. The fourth-order valence-corrected chi connectivity index (χ4v) is 5.19. The van der Waals surface area contributed by atoms with E-state index in [0.29, 0.717) is 6.54 Å². The molecule has 2 aliphatic heterocycles. The van der Waals surface area contributed by atoms with E-state index in [1.54, 1.807) is 11.1 Å². The van der Waals surface area contributed by atoms with Gasteiger partial charge in [-0.15, -0.1) is 0 Å². The third kappa shape index (κ3) is 3.91. The highest BCUT2D eigenvalue weighted by atomic mass is 16.1. The number of benzene rings is 2. The van der Waals surface area contributed by atoms with Gasteiger partial charge in [-0.1, -0.05) is 24.3 Å². The maximum atomic E-state index is 11.8. The standard InChI is InChI=1S/C25H31N3O/c29-25-23-17-19(10-11-21(23)18-26-25)5-1-2-12-27-13-15-28(16-14-27)24-9-4-7-20-6-3-8-22(20)24/h4,7,9-11,17H,1-3,5-6,8,12-16,18H2,(H,26,29). The molecule has 0 bridgehead atoms. The summed E-state index contributed by atoms with van der Waals surface area (Å²) in [4.78, 5) is 17.1. The number of fused-ring (bicyclic) bond motifs is 2. The van der Waals surface area contributed by atoms with Gasteiger partial charge in [0.25, 0.3) is 5.91 Å². The van der Waals surface area contributed by atoms with Crippen LogP contribution in [0.3, 0.4) is 0 Å². The summed E-state index contributed by atoms with van der Waals surface area (Å²) < 4.78 is 0. The SMILES string of the molecule is O=C1NCc2ccc(CCCCN3CCN(c4cccc5c4CCC5)CC3)cc21. The van der Waals surface area contributed by atoms with Crippen molar-refractivity contribution in [3.63, 3.8) is 0 Å². The Labute approximate surface area is 173 Å². The molecule has 2 aromatic rings. The van der Waals surface area contributed by atoms with E-state index in [4.69, 9.17) is 0 Å². The molecule has 0 radical (unpaired) electrons. The molecule has 29 heavy (non-hydrogen) atoms. The molecule has 0 unspecified atom stereocenters. The lowest BCUT2D eigenvalue weighted by Gasteiger charge is -2.37. The second kappa shape index (κ2) is 8.19. The number of anilines is 1. The van der Waals surface area contributed by atoms with Crippen LogP contribution in [0.15, 0.2) is 36.4 Å². The molecule has 3 aliphatic rings. The largest absolute Gasteiger partial charge is 0.369 e. The van der Waals surface area contributed by atoms with E-state index < -0.39 is 0 Å². The van der Waals surface area contributed by atoms with Gasteiger partial charge in [0, 0.05) is 44.0 Å². The molecule has 1 saturated heterocycles. The fraction of sp³-hybridized carbons (Fsp3) is 0.480. The fourth-order valence-electron chi connectivity index (χ4n) is 5.19. The average molecular weight is 390 g/mol. The van der Waals surface area contributed by atoms with Crippen LogP contribution < -0.4 is 10.2 Å². The van der Waals surface area contributed by atoms with Crippen molar-refractivity contribution in [1.82, 2.24) is 10.2 Å². The number of carbonyl (C=O) groups is 1. The van der Waals surface area contributed by atoms with Gasteiger partial charge in [-0.3, -0.25) is 9.69 Å². The summed E-state index contributed by atoms with van der Waals surface area (Å²) in [5, 5.41) is 2.90. The van der Waals surface area contributed by atoms with Crippen LogP contribution in [0, 0.1) is 0 Å². The van der Waals surface area contributed by atoms with Gasteiger partial charge in [0.05, 0.1) is 0 Å². The van der Waals surface area contributed by atoms with E-state index in [0.717, 1.165) is 30.6 Å². The summed E-state index contributed by atoms with van der Waals surface area (Å²) in [6.45, 7) is 6.51. The molecule has 1 amide bonds. The van der Waals surface area contributed by atoms with Gasteiger partial charge in [0.2, 0.25) is 0 Å². The van der Waals surface area contributed by atoms with E-state index in [-0.39, 0.29) is 5.91 Å². The van der Waals surface area contributed by atoms with E-state index in [2.05, 4.69) is 51.5 Å². The Bertz CT molecular complexity index is 899. The Morgan fingerprint density at radius 2 is 1.83 bits per heavy atom. The summed E-state index contributed by atoms with van der Waals surface area (Å²) in [6, 6.07) is 13.3. The predicted molar refractivity (Wildman–Crippen MR) is 118 cm³/mol. The number of rotatable bonds is 6. The van der Waals surface area contributed by atoms with Crippen LogP contribution in [0.25, 0.3) is 0 Å². The molecule has 2 heterocycles. The normalized spacial score (nSPS) is 18.6. The number of nitrogens with one attached hydrogen (secondary N) is 1. The zero-order chi connectivity index (χ0) is 19.6. The first-order valence-electron chi connectivity index (χ1n) is 11.3. The molecule has 4 heteroatoms. The molecule has 0 aromatic heterocycles. The molecule has 4 nitrogen and oxygen atoms in total. The Balaban J connectivity index is 1.07. The lowest BCUT2D eigenvalue weighted by Crippen LogP contribution is -2.46. The first-order chi connectivity index (χ1) is 14.3. The molecule has 5 rings (SSSR count). The third-order valence-corrected chi connectivity index (χ3v) is 6.88. The number of carbonyl (C=O) groups excluding carboxylic acids is 1. The monoisotopic (exact) mass is 389 g/mol. The van der Waals surface area contributed by atoms with E-state index in [1.165, 1.54) is 63.0 Å². The average Bonchev–Trinajstić information content (AvgIpc) is 3.38. The summed E-state index contributed by atoms with van der Waals surface area (Å²) in [5.74, 6) is 0.0868. The third-order valence-electron chi connectivity index (χ3n) is 6.88. The summed E-state index contributed by atoms with van der Waals surface area (Å²) in [7, 11) is 0. The van der Waals surface area contributed by atoms with Crippen molar-refractivity contribution in [2.24, 2.45) is 0 Å². The number of unbranched alkanes of at least 4 members (excludes halogenated alkanes) is 1. The first-order valence-corrected chi connectivity index (χ1v) is 11.3. The molecule has 1 aliphatic carbocycles. The molecule has 1 fully saturated rings. The second-order valence-corrected chi connectivity index (χ2v) is 8.73. The topological polar surface area (TPSA) is 35.6 Å². The minimum Gasteiger partial charge on any atom is -0.369 e. The van der Waals surface area contributed by atoms with Crippen LogP contribution in [0.1, 0.15) is 51.9 Å². The summed E-state index contributed by atoms with van der Waals surface area (Å²) in [5.41, 5.74) is 8.01. The lowest BCUT2D eigenvalue weighted by molar-refractivity contribution is 0.0965. The zero-order valence-electron chi connectivity index (χ0n) is 17.3. The van der Waals surface area contributed by atoms with Crippen molar-refractivity contribution in [3.8, 4) is 0 Å². The molecule has 0 spiro atoms. The van der Waals surface area contributed by atoms with Crippen molar-refractivity contribution in [2.75, 3.05) is 37.6 Å². The van der Waals surface area contributed by atoms with Gasteiger partial charge in [-0.25, -0.2) is 0 Å². The van der Waals surface area contributed by atoms with Gasteiger partial charge >= 0.3 is 0 Å². The van der Waals surface area contributed by atoms with Crippen LogP contribution in [0.4, 0.5) is 5.69 Å². The van der Waals surface area contributed by atoms with E-state index in [9.17, 15) is 4.79 Å². The Morgan fingerprint density at radius 1 is 0.931 bits per heavy atom. The van der Waals surface area contributed by atoms with Gasteiger partial charge in [0.1, 0.15) is 0 Å². The van der Waals surface area contributed by atoms with E-state index in [1.807, 2.05) is 0 Å². The van der Waals surface area contributed by atoms with Gasteiger partial charge < -0.3 is 10.2 Å². The second-order valence-electron chi connectivity index (χ2n) is 8.73. The van der Waals surface area contributed by atoms with Crippen molar-refractivity contribution < 1.29 is 4.79 Å². The summed E-state index contributed by atoms with van der Waals surface area (Å²) >= 11 is 0. The highest BCUT2D eigenvalue weighted by Gasteiger charge is 2.22.